The zero-order valence-electron chi connectivity index (χ0n) is 85.0. The summed E-state index contributed by atoms with van der Waals surface area (Å²) in [6, 6.07) is 13.4. The molecule has 14 heteroatoms. The first-order valence-electron chi connectivity index (χ1n) is 49.1. The Labute approximate surface area is 785 Å². The van der Waals surface area contributed by atoms with Crippen LogP contribution in [0.5, 0.6) is 0 Å². The Morgan fingerprint density at radius 2 is 0.766 bits per heavy atom. The predicted octanol–water partition coefficient (Wildman–Crippen LogP) is 34.2. The molecule has 3 aromatic rings. The van der Waals surface area contributed by atoms with Crippen LogP contribution in [-0.2, 0) is 40.3 Å². The number of allylic oxidation sites excluding steroid dienone is 9. The second-order valence-corrected chi connectivity index (χ2v) is 47.3. The van der Waals surface area contributed by atoms with Crippen LogP contribution in [0.25, 0.3) is 11.4 Å². The van der Waals surface area contributed by atoms with Gasteiger partial charge in [-0.1, -0.05) is 375 Å². The number of para-hydroxylation sites is 2. The average molecular weight is 1820 g/mol. The number of aliphatic carboxylic acids is 1. The predicted molar refractivity (Wildman–Crippen MR) is 552 cm³/mol. The van der Waals surface area contributed by atoms with E-state index in [0.29, 0.717) is 42.3 Å². The van der Waals surface area contributed by atoms with Gasteiger partial charge in [0.1, 0.15) is 6.79 Å². The van der Waals surface area contributed by atoms with Gasteiger partial charge in [0.15, 0.2) is 16.6 Å². The molecular formula is C110H207CuN4O7Si2+. The zero-order chi connectivity index (χ0) is 90.8. The number of benzene rings is 2. The van der Waals surface area contributed by atoms with Crippen LogP contribution < -0.4 is 4.57 Å². The van der Waals surface area contributed by atoms with E-state index in [1.807, 2.05) is 41.2 Å². The minimum absolute atomic E-state index is 0. The number of aromatic nitrogens is 2. The molecule has 0 fully saturated rings. The third-order valence-corrected chi connectivity index (χ3v) is 23.6. The topological polar surface area (TPSA) is 125 Å². The van der Waals surface area contributed by atoms with Gasteiger partial charge in [-0.3, -0.25) is 23.5 Å². The van der Waals surface area contributed by atoms with Gasteiger partial charge in [0.2, 0.25) is 11.8 Å². The number of carboxylic acids is 1. The average Bonchev–Trinajstić information content (AvgIpc) is 1.60. The number of amides is 2. The monoisotopic (exact) mass is 1820 g/mol. The first kappa shape index (κ1) is 133. The van der Waals surface area contributed by atoms with Crippen molar-refractivity contribution in [3.05, 3.63) is 145 Å². The zero-order valence-corrected chi connectivity index (χ0v) is 87.9. The molecule has 124 heavy (non-hydrogen) atoms. The van der Waals surface area contributed by atoms with Gasteiger partial charge in [-0.25, -0.2) is 0 Å². The summed E-state index contributed by atoms with van der Waals surface area (Å²) >= 11 is 0. The summed E-state index contributed by atoms with van der Waals surface area (Å²) in [6.45, 7) is 47.4. The first-order valence-corrected chi connectivity index (χ1v) is 56.0. The maximum Gasteiger partial charge on any atom is 2.00 e. The van der Waals surface area contributed by atoms with Crippen LogP contribution in [0.15, 0.2) is 109 Å². The van der Waals surface area contributed by atoms with Crippen molar-refractivity contribution in [3.8, 4) is 11.4 Å². The molecule has 2 N–H and O–H groups in total. The van der Waals surface area contributed by atoms with Gasteiger partial charge < -0.3 is 36.3 Å². The van der Waals surface area contributed by atoms with E-state index in [4.69, 9.17) is 23.9 Å². The van der Waals surface area contributed by atoms with Crippen molar-refractivity contribution in [2.75, 3.05) is 35.0 Å². The summed E-state index contributed by atoms with van der Waals surface area (Å²) in [4.78, 5) is 36.9. The molecule has 0 aliphatic heterocycles. The van der Waals surface area contributed by atoms with Crippen molar-refractivity contribution < 1.29 is 55.1 Å². The van der Waals surface area contributed by atoms with Crippen LogP contribution in [-0.4, -0.2) is 99.6 Å². The van der Waals surface area contributed by atoms with Gasteiger partial charge in [-0.2, -0.15) is 0 Å². The molecule has 1 heterocycles. The quantitative estimate of drug-likeness (QED) is 0.0110. The fourth-order valence-corrected chi connectivity index (χ4v) is 14.6. The van der Waals surface area contributed by atoms with E-state index in [2.05, 4.69) is 235 Å². The molecule has 0 aliphatic carbocycles. The van der Waals surface area contributed by atoms with E-state index in [1.165, 1.54) is 296 Å². The third kappa shape index (κ3) is 82.0. The summed E-state index contributed by atoms with van der Waals surface area (Å²) in [7, 11) is 4.78. The Morgan fingerprint density at radius 1 is 0.476 bits per heavy atom. The molecule has 727 valence electrons. The molecule has 0 saturated heterocycles. The molecule has 1 radical (unpaired) electrons. The number of imidazole rings is 1. The standard InChI is InChI=1S/C33H63NO.C33H61NO.C27H36N2.C7H20O2Si2.C5H12O.C2H4O2.2CH4.CH3.Cu/c2*1-5-7-9-11-13-14-15-16-17-18-19-20-21-22-24-26-28-30-32(31-33(35)34(3)4)29-27-25-23-12-10-8-6-2;1-18(2)22-11-9-12-23(19(3)4)26(22)28-15-16-29(17-28)27-24(20(5)6)13-10-14-25(27)21(7)8;1-10(2,3)8-7-9-11(4,5)6;1-4-5(2,3)6;1-2(3)4;;;;/h13-14,16-17,32H,5-12,15,18-31H2,1-4H3;13-14,16-17,31H,5-12,15,18-30H2,1-4H3;9-16,18-21H,1-8H3;7H2,1-6H3;6H,4H2,1-3H3;1H3,(H,3,4);2*1H4;1H3;/q;;;;;;;;-1;+2/b14-13-,17-16-;14-13-,17-16-,32-31+;;;;;;;;. The van der Waals surface area contributed by atoms with Gasteiger partial charge >= 0.3 is 17.1 Å². The number of aliphatic hydroxyl groups is 1. The number of likely N-dealkylation sites (N-methyl/N-ethyl adjacent to an activating group) is 1. The molecule has 0 bridgehead atoms. The molecule has 2 amide bonds. The maximum atomic E-state index is 12.3. The van der Waals surface area contributed by atoms with Gasteiger partial charge in [-0.05, 0) is 214 Å². The Balaban J connectivity index is -0.000000292. The molecule has 2 aromatic carbocycles. The number of hydrogen-bond acceptors (Lipinski definition) is 6. The number of rotatable bonds is 62. The summed E-state index contributed by atoms with van der Waals surface area (Å²) in [5.41, 5.74) is 8.97. The maximum absolute atomic E-state index is 12.3. The number of carbonyl (C=O) groups excluding carboxylic acids is 2. The third-order valence-electron chi connectivity index (χ3n) is 21.7. The normalized spacial score (nSPS) is 11.8. The fourth-order valence-electron chi connectivity index (χ4n) is 13.7. The smallest absolute Gasteiger partial charge is 0.481 e. The molecule has 0 saturated carbocycles. The Kier molecular flexibility index (Phi) is 92.7. The van der Waals surface area contributed by atoms with Crippen molar-refractivity contribution in [1.82, 2.24) is 14.4 Å². The fraction of sp³-hybridized carbons (Fsp3) is 0.736. The van der Waals surface area contributed by atoms with Crippen molar-refractivity contribution in [3.63, 3.8) is 0 Å². The first-order chi connectivity index (χ1) is 56.9. The van der Waals surface area contributed by atoms with E-state index < -0.39 is 28.2 Å². The van der Waals surface area contributed by atoms with E-state index >= 15 is 0 Å². The summed E-state index contributed by atoms with van der Waals surface area (Å²) in [5.74, 6) is 2.07. The number of carboxylic acid groups (broad SMARTS) is 1. The van der Waals surface area contributed by atoms with Crippen molar-refractivity contribution >= 4 is 34.4 Å². The minimum Gasteiger partial charge on any atom is -0.481 e. The molecule has 1 unspecified atom stereocenters. The van der Waals surface area contributed by atoms with E-state index in [0.717, 1.165) is 45.4 Å². The number of hydrogen-bond donors (Lipinski definition) is 2. The Morgan fingerprint density at radius 3 is 1.06 bits per heavy atom. The SMILES string of the molecule is C.C.CC(=O)O.CC(C)c1cccc(C(C)C)c1-n1[c-][n+](-c2c(C(C)C)cccc2C(C)C)cc1.CCC(C)(C)O.CCCCC/C=C\C/C=C\CCCCCCCCC/C(=C/C(=O)N(C)C)CCCCCCCCC.CCCCC/C=C\C/C=C\CCCCCCCCCC(CCCCCCCCC)CC(=O)N(C)C.C[Si](C)(C)OCO[Si](C)(C)C.[CH3-].[Cu+2]. The van der Waals surface area contributed by atoms with Crippen LogP contribution in [0.4, 0.5) is 0 Å². The summed E-state index contributed by atoms with van der Waals surface area (Å²) < 4.78 is 15.5. The number of unbranched alkanes of at least 4 members (excludes halogenated alkanes) is 32. The van der Waals surface area contributed by atoms with Crippen molar-refractivity contribution in [2.45, 2.75) is 490 Å². The summed E-state index contributed by atoms with van der Waals surface area (Å²) in [6.07, 6.45) is 87.7. The molecule has 11 nitrogen and oxygen atoms in total. The molecular weight excluding hydrogens is 1610 g/mol. The van der Waals surface area contributed by atoms with Crippen LogP contribution in [0.2, 0.25) is 39.3 Å². The molecule has 3 rings (SSSR count). The van der Waals surface area contributed by atoms with Crippen molar-refractivity contribution in [2.24, 2.45) is 5.92 Å². The van der Waals surface area contributed by atoms with Gasteiger partial charge in [-0.15, -0.1) is 0 Å². The molecule has 1 atom stereocenters. The van der Waals surface area contributed by atoms with Gasteiger partial charge in [0.05, 0.1) is 17.0 Å². The van der Waals surface area contributed by atoms with Crippen molar-refractivity contribution in [1.29, 1.82) is 0 Å². The number of nitrogens with zero attached hydrogens (tertiary/aromatic N) is 4. The van der Waals surface area contributed by atoms with Crippen LogP contribution >= 0.6 is 0 Å². The Bertz CT molecular complexity index is 2920. The van der Waals surface area contributed by atoms with Crippen LogP contribution in [0.1, 0.15) is 467 Å². The van der Waals surface area contributed by atoms with Crippen LogP contribution in [0, 0.1) is 19.7 Å². The second-order valence-electron chi connectivity index (χ2n) is 38.2. The summed E-state index contributed by atoms with van der Waals surface area (Å²) in [5, 5.41) is 16.2. The second kappa shape index (κ2) is 86.6. The number of carbonyl (C=O) groups is 3. The van der Waals surface area contributed by atoms with Crippen LogP contribution in [0.3, 0.4) is 0 Å². The molecule has 0 aliphatic rings. The van der Waals surface area contributed by atoms with E-state index in [9.17, 15) is 9.59 Å². The van der Waals surface area contributed by atoms with E-state index in [1.54, 1.807) is 23.6 Å². The largest absolute Gasteiger partial charge is 2.00 e. The van der Waals surface area contributed by atoms with E-state index in [-0.39, 0.29) is 45.3 Å². The molecule has 0 spiro atoms. The van der Waals surface area contributed by atoms with Gasteiger partial charge in [0.25, 0.3) is 12.3 Å². The Hall–Kier alpha value is -4.41. The minimum atomic E-state index is -1.36. The molecule has 1 aromatic heterocycles. The van der Waals surface area contributed by atoms with Gasteiger partial charge in [0, 0.05) is 60.0 Å².